The molecule has 9 nitrogen and oxygen atoms in total. The van der Waals surface area contributed by atoms with E-state index in [4.69, 9.17) is 18.6 Å². The number of anilines is 1. The predicted octanol–water partition coefficient (Wildman–Crippen LogP) is 2.74. The average molecular weight is 414 g/mol. The highest BCUT2D eigenvalue weighted by Crippen LogP contribution is 2.30. The Kier molecular flexibility index (Phi) is 5.54. The molecule has 0 unspecified atom stereocenters. The van der Waals surface area contributed by atoms with E-state index in [0.717, 1.165) is 25.7 Å². The van der Waals surface area contributed by atoms with Crippen LogP contribution in [-0.4, -0.2) is 59.7 Å². The lowest BCUT2D eigenvalue weighted by Gasteiger charge is -2.24. The minimum atomic E-state index is -0.416. The lowest BCUT2D eigenvalue weighted by atomic mass is 9.96. The molecular weight excluding hydrogens is 388 g/mol. The highest BCUT2D eigenvalue weighted by molar-refractivity contribution is 5.68. The van der Waals surface area contributed by atoms with Gasteiger partial charge in [-0.05, 0) is 31.0 Å². The molecule has 1 amide bonds. The molecule has 0 radical (unpaired) electrons. The lowest BCUT2D eigenvalue weighted by molar-refractivity contribution is 0.00314. The van der Waals surface area contributed by atoms with E-state index >= 15 is 0 Å². The third-order valence-electron chi connectivity index (χ3n) is 5.94. The van der Waals surface area contributed by atoms with Crippen molar-refractivity contribution in [1.29, 1.82) is 0 Å². The van der Waals surface area contributed by atoms with E-state index in [0.29, 0.717) is 30.6 Å². The van der Waals surface area contributed by atoms with E-state index in [9.17, 15) is 4.79 Å². The van der Waals surface area contributed by atoms with Gasteiger partial charge in [-0.15, -0.1) is 0 Å². The van der Waals surface area contributed by atoms with Gasteiger partial charge in [0.05, 0.1) is 25.5 Å². The Bertz CT molecular complexity index is 855. The molecule has 0 aromatic carbocycles. The zero-order valence-electron chi connectivity index (χ0n) is 16.7. The van der Waals surface area contributed by atoms with Gasteiger partial charge in [0.2, 0.25) is 5.95 Å². The van der Waals surface area contributed by atoms with Crippen molar-refractivity contribution >= 4 is 12.0 Å². The Balaban J connectivity index is 1.17. The van der Waals surface area contributed by atoms with Gasteiger partial charge in [-0.1, -0.05) is 19.3 Å². The molecule has 0 spiro atoms. The molecule has 0 bridgehead atoms. The number of hydrogen-bond donors (Lipinski definition) is 2. The molecule has 2 aliphatic heterocycles. The summed E-state index contributed by atoms with van der Waals surface area (Å²) < 4.78 is 22.8. The first-order valence-electron chi connectivity index (χ1n) is 10.6. The van der Waals surface area contributed by atoms with Crippen LogP contribution in [0.25, 0.3) is 11.5 Å². The second-order valence-electron chi connectivity index (χ2n) is 8.01. The van der Waals surface area contributed by atoms with E-state index in [-0.39, 0.29) is 30.4 Å². The summed E-state index contributed by atoms with van der Waals surface area (Å²) in [6, 6.07) is 5.54. The number of hydrogen-bond acceptors (Lipinski definition) is 8. The molecule has 3 fully saturated rings. The first kappa shape index (κ1) is 19.3. The Morgan fingerprint density at radius 1 is 1.10 bits per heavy atom. The quantitative estimate of drug-likeness (QED) is 0.769. The summed E-state index contributed by atoms with van der Waals surface area (Å²) in [6.07, 6.45) is 7.54. The summed E-state index contributed by atoms with van der Waals surface area (Å²) in [5.41, 5.74) is 0.695. The number of alkyl carbamates (subject to hydrolysis) is 1. The molecule has 4 atom stereocenters. The number of ether oxygens (including phenoxy) is 3. The number of nitrogens with one attached hydrogen (secondary N) is 2. The smallest absolute Gasteiger partial charge is 0.407 e. The normalized spacial score (nSPS) is 28.8. The predicted molar refractivity (Wildman–Crippen MR) is 107 cm³/mol. The topological polar surface area (TPSA) is 108 Å². The second-order valence-corrected chi connectivity index (χ2v) is 8.01. The van der Waals surface area contributed by atoms with Crippen LogP contribution in [0.4, 0.5) is 10.7 Å². The van der Waals surface area contributed by atoms with Crippen molar-refractivity contribution in [1.82, 2.24) is 15.3 Å². The summed E-state index contributed by atoms with van der Waals surface area (Å²) in [5.74, 6) is 1.15. The summed E-state index contributed by atoms with van der Waals surface area (Å²) >= 11 is 0. The summed E-state index contributed by atoms with van der Waals surface area (Å²) in [5, 5.41) is 6.26. The first-order valence-corrected chi connectivity index (χ1v) is 10.6. The maximum absolute atomic E-state index is 12.3. The summed E-state index contributed by atoms with van der Waals surface area (Å²) in [6.45, 7) is 0.743. The molecule has 2 N–H and O–H groups in total. The number of carbonyl (C=O) groups excluding carboxylic acids is 1. The highest BCUT2D eigenvalue weighted by Gasteiger charge is 2.49. The number of furan rings is 1. The fourth-order valence-electron chi connectivity index (χ4n) is 4.43. The van der Waals surface area contributed by atoms with Crippen molar-refractivity contribution in [2.24, 2.45) is 0 Å². The Hall–Kier alpha value is -2.65. The largest absolute Gasteiger partial charge is 0.463 e. The van der Waals surface area contributed by atoms with Crippen LogP contribution >= 0.6 is 0 Å². The minimum Gasteiger partial charge on any atom is -0.463 e. The van der Waals surface area contributed by atoms with E-state index in [1.54, 1.807) is 18.5 Å². The molecule has 2 aromatic rings. The van der Waals surface area contributed by atoms with Gasteiger partial charge in [0.15, 0.2) is 11.9 Å². The monoisotopic (exact) mass is 414 g/mol. The number of amides is 1. The Morgan fingerprint density at radius 2 is 1.97 bits per heavy atom. The fourth-order valence-corrected chi connectivity index (χ4v) is 4.43. The first-order chi connectivity index (χ1) is 14.8. The van der Waals surface area contributed by atoms with Gasteiger partial charge in [-0.2, -0.15) is 0 Å². The van der Waals surface area contributed by atoms with Crippen molar-refractivity contribution in [3.05, 3.63) is 30.7 Å². The molecule has 1 saturated carbocycles. The van der Waals surface area contributed by atoms with Crippen molar-refractivity contribution in [2.75, 3.05) is 18.5 Å². The number of rotatable bonds is 5. The van der Waals surface area contributed by atoms with Crippen LogP contribution in [-0.2, 0) is 14.2 Å². The maximum Gasteiger partial charge on any atom is 0.407 e. The van der Waals surface area contributed by atoms with Crippen LogP contribution in [0, 0.1) is 0 Å². The van der Waals surface area contributed by atoms with E-state index < -0.39 is 6.10 Å². The fraction of sp³-hybridized carbons (Fsp3) is 0.571. The molecular formula is C21H26N4O5. The SMILES string of the molecule is O=C(NC1CCCCC1)O[C@@H]1CO[C@H]2[C@H]1OC[C@H]2Nc1nccc(-c2ccco2)n1. The molecule has 160 valence electrons. The molecule has 2 aromatic heterocycles. The van der Waals surface area contributed by atoms with Gasteiger partial charge in [0, 0.05) is 12.2 Å². The van der Waals surface area contributed by atoms with Gasteiger partial charge in [0.1, 0.15) is 17.9 Å². The van der Waals surface area contributed by atoms with E-state index in [1.807, 2.05) is 12.1 Å². The van der Waals surface area contributed by atoms with Crippen LogP contribution in [0.3, 0.4) is 0 Å². The third kappa shape index (κ3) is 4.13. The summed E-state index contributed by atoms with van der Waals surface area (Å²) in [4.78, 5) is 21.1. The molecule has 5 rings (SSSR count). The van der Waals surface area contributed by atoms with Gasteiger partial charge in [0.25, 0.3) is 0 Å². The van der Waals surface area contributed by atoms with Crippen molar-refractivity contribution in [2.45, 2.75) is 62.5 Å². The Morgan fingerprint density at radius 3 is 2.80 bits per heavy atom. The average Bonchev–Trinajstić information content (AvgIpc) is 3.50. The third-order valence-corrected chi connectivity index (χ3v) is 5.94. The minimum absolute atomic E-state index is 0.128. The number of carbonyl (C=O) groups is 1. The van der Waals surface area contributed by atoms with Crippen LogP contribution in [0.15, 0.2) is 35.1 Å². The number of aromatic nitrogens is 2. The van der Waals surface area contributed by atoms with E-state index in [1.165, 1.54) is 6.42 Å². The van der Waals surface area contributed by atoms with E-state index in [2.05, 4.69) is 20.6 Å². The van der Waals surface area contributed by atoms with Crippen LogP contribution in [0.2, 0.25) is 0 Å². The van der Waals surface area contributed by atoms with Crippen molar-refractivity contribution in [3.8, 4) is 11.5 Å². The number of nitrogens with zero attached hydrogens (tertiary/aromatic N) is 2. The maximum atomic E-state index is 12.3. The summed E-state index contributed by atoms with van der Waals surface area (Å²) in [7, 11) is 0. The number of fused-ring (bicyclic) bond motifs is 1. The van der Waals surface area contributed by atoms with Gasteiger partial charge >= 0.3 is 6.09 Å². The molecule has 2 saturated heterocycles. The van der Waals surface area contributed by atoms with Gasteiger partial charge < -0.3 is 29.3 Å². The van der Waals surface area contributed by atoms with Crippen molar-refractivity contribution in [3.63, 3.8) is 0 Å². The van der Waals surface area contributed by atoms with Crippen LogP contribution < -0.4 is 10.6 Å². The molecule has 30 heavy (non-hydrogen) atoms. The zero-order valence-corrected chi connectivity index (χ0v) is 16.7. The zero-order chi connectivity index (χ0) is 20.3. The van der Waals surface area contributed by atoms with Gasteiger partial charge in [-0.25, -0.2) is 14.8 Å². The molecule has 9 heteroatoms. The standard InChI is InChI=1S/C21H26N4O5/c26-21(23-13-5-2-1-3-6-13)30-17-12-29-18-15(11-28-19(17)18)25-20-22-9-8-14(24-20)16-7-4-10-27-16/h4,7-10,13,15,17-19H,1-3,5-6,11-12H2,(H,23,26)(H,22,24,25)/t15-,17-,18-,19+/m1/s1. The molecule has 1 aliphatic carbocycles. The van der Waals surface area contributed by atoms with Crippen molar-refractivity contribution < 1.29 is 23.4 Å². The highest BCUT2D eigenvalue weighted by atomic mass is 16.6. The molecule has 4 heterocycles. The molecule has 3 aliphatic rings. The lowest BCUT2D eigenvalue weighted by Crippen LogP contribution is -2.42. The second kappa shape index (κ2) is 8.61. The van der Waals surface area contributed by atoms with Gasteiger partial charge in [-0.3, -0.25) is 0 Å². The Labute approximate surface area is 174 Å². The van der Waals surface area contributed by atoms with Crippen LogP contribution in [0.1, 0.15) is 32.1 Å². The van der Waals surface area contributed by atoms with Crippen LogP contribution in [0.5, 0.6) is 0 Å².